The number of hydrogen-bond donors (Lipinski definition) is 3. The largest absolute Gasteiger partial charge is 0.393 e. The smallest absolute Gasteiger partial charge is 0.328 e. The van der Waals surface area contributed by atoms with Gasteiger partial charge in [0.2, 0.25) is 11.8 Å². The molecule has 1 heterocycles. The number of barbiturate groups is 1. The van der Waals surface area contributed by atoms with Crippen LogP contribution in [0, 0.1) is 5.41 Å². The molecule has 2 fully saturated rings. The fraction of sp³-hybridized carbons (Fsp3) is 0.286. The van der Waals surface area contributed by atoms with Gasteiger partial charge in [-0.05, 0) is 36.1 Å². The molecule has 4 rings (SSSR count). The second-order valence-electron chi connectivity index (χ2n) is 7.38. The second-order valence-corrected chi connectivity index (χ2v) is 8.19. The van der Waals surface area contributed by atoms with Crippen molar-refractivity contribution in [1.29, 1.82) is 0 Å². The van der Waals surface area contributed by atoms with Crippen molar-refractivity contribution < 1.29 is 19.5 Å². The quantitative estimate of drug-likeness (QED) is 0.633. The molecule has 4 amide bonds. The highest BCUT2D eigenvalue weighted by Crippen LogP contribution is 2.57. The van der Waals surface area contributed by atoms with E-state index >= 15 is 0 Å². The van der Waals surface area contributed by atoms with E-state index in [0.29, 0.717) is 21.2 Å². The highest BCUT2D eigenvalue weighted by molar-refractivity contribution is 6.32. The maximum absolute atomic E-state index is 13.3. The molecule has 8 heteroatoms. The molecule has 6 nitrogen and oxygen atoms in total. The number of urea groups is 1. The number of aliphatic hydroxyl groups excluding tert-OH is 1. The van der Waals surface area contributed by atoms with Crippen molar-refractivity contribution in [2.45, 2.75) is 30.8 Å². The van der Waals surface area contributed by atoms with E-state index in [1.165, 1.54) is 0 Å². The Morgan fingerprint density at radius 1 is 0.793 bits per heavy atom. The summed E-state index contributed by atoms with van der Waals surface area (Å²) in [5, 5.41) is 15.9. The summed E-state index contributed by atoms with van der Waals surface area (Å²) in [5.74, 6) is -2.94. The molecule has 3 N–H and O–H groups in total. The Labute approximate surface area is 177 Å². The molecule has 0 unspecified atom stereocenters. The molecule has 2 aromatic rings. The molecule has 150 valence electrons. The number of aliphatic hydroxyl groups is 1. The second kappa shape index (κ2) is 7.44. The van der Waals surface area contributed by atoms with Gasteiger partial charge in [0.1, 0.15) is 5.41 Å². The fourth-order valence-electron chi connectivity index (χ4n) is 4.70. The molecule has 2 atom stereocenters. The van der Waals surface area contributed by atoms with E-state index in [4.69, 9.17) is 23.2 Å². The van der Waals surface area contributed by atoms with Gasteiger partial charge >= 0.3 is 6.03 Å². The van der Waals surface area contributed by atoms with Crippen molar-refractivity contribution in [3.05, 3.63) is 69.7 Å². The fourth-order valence-corrected chi connectivity index (χ4v) is 5.23. The predicted octanol–water partition coefficient (Wildman–Crippen LogP) is 3.37. The van der Waals surface area contributed by atoms with Gasteiger partial charge in [0.15, 0.2) is 0 Å². The molecule has 1 saturated carbocycles. The van der Waals surface area contributed by atoms with Gasteiger partial charge in [-0.3, -0.25) is 20.2 Å². The Balaban J connectivity index is 1.99. The van der Waals surface area contributed by atoms with Crippen molar-refractivity contribution in [1.82, 2.24) is 10.6 Å². The number of benzene rings is 2. The molecule has 1 aliphatic carbocycles. The van der Waals surface area contributed by atoms with Crippen molar-refractivity contribution in [2.24, 2.45) is 5.41 Å². The topological polar surface area (TPSA) is 95.5 Å². The number of carbonyl (C=O) groups excluding carboxylic acids is 3. The van der Waals surface area contributed by atoms with E-state index in [1.807, 2.05) is 0 Å². The summed E-state index contributed by atoms with van der Waals surface area (Å²) in [5.41, 5.74) is -0.572. The van der Waals surface area contributed by atoms with Crippen LogP contribution in [0.25, 0.3) is 0 Å². The molecular weight excluding hydrogens is 415 g/mol. The molecular formula is C21H18Cl2N2O4. The first-order chi connectivity index (χ1) is 13.9. The summed E-state index contributed by atoms with van der Waals surface area (Å²) in [7, 11) is 0. The minimum atomic E-state index is -1.69. The van der Waals surface area contributed by atoms with Crippen LogP contribution in [-0.2, 0) is 9.59 Å². The van der Waals surface area contributed by atoms with Crippen LogP contribution in [0.3, 0.4) is 0 Å². The molecule has 2 aliphatic rings. The first-order valence-corrected chi connectivity index (χ1v) is 9.95. The number of carbonyl (C=O) groups is 3. The lowest BCUT2D eigenvalue weighted by atomic mass is 9.54. The average molecular weight is 433 g/mol. The van der Waals surface area contributed by atoms with Crippen LogP contribution in [0.2, 0.25) is 10.0 Å². The number of halogens is 2. The number of hydrogen-bond acceptors (Lipinski definition) is 4. The first-order valence-electron chi connectivity index (χ1n) is 9.19. The van der Waals surface area contributed by atoms with Crippen molar-refractivity contribution in [3.8, 4) is 0 Å². The standard InChI is InChI=1S/C21H18Cl2N2O4/c22-16-7-3-1-5-12(16)14-9-11(26)10-15(13-6-2-4-8-17(13)23)21(14)18(27)24-20(29)25-19(21)28/h1-8,11,14-15,26H,9-10H2,(H2,24,25,27,28,29)/t14-,15-/m1/s1. The number of imide groups is 2. The minimum Gasteiger partial charge on any atom is -0.393 e. The Morgan fingerprint density at radius 3 is 1.62 bits per heavy atom. The van der Waals surface area contributed by atoms with Gasteiger partial charge in [-0.15, -0.1) is 0 Å². The summed E-state index contributed by atoms with van der Waals surface area (Å²) in [6, 6.07) is 12.9. The van der Waals surface area contributed by atoms with E-state index in [1.54, 1.807) is 48.5 Å². The molecule has 1 aliphatic heterocycles. The SMILES string of the molecule is O=C1NC(=O)C2(C(=O)N1)[C@@H](c1ccccc1Cl)CC(O)C[C@@H]2c1ccccc1Cl. The van der Waals surface area contributed by atoms with Crippen LogP contribution in [0.15, 0.2) is 48.5 Å². The van der Waals surface area contributed by atoms with Crippen LogP contribution >= 0.6 is 23.2 Å². The molecule has 0 bridgehead atoms. The average Bonchev–Trinajstić information content (AvgIpc) is 2.67. The Hall–Kier alpha value is -2.41. The van der Waals surface area contributed by atoms with E-state index < -0.39 is 41.2 Å². The van der Waals surface area contributed by atoms with Crippen LogP contribution in [0.1, 0.15) is 35.8 Å². The lowest BCUT2D eigenvalue weighted by molar-refractivity contribution is -0.152. The Morgan fingerprint density at radius 2 is 1.21 bits per heavy atom. The number of amides is 4. The van der Waals surface area contributed by atoms with Crippen LogP contribution < -0.4 is 10.6 Å². The molecule has 29 heavy (non-hydrogen) atoms. The minimum absolute atomic E-state index is 0.139. The third-order valence-electron chi connectivity index (χ3n) is 5.88. The van der Waals surface area contributed by atoms with E-state index in [0.717, 1.165) is 0 Å². The number of nitrogens with one attached hydrogen (secondary N) is 2. The van der Waals surface area contributed by atoms with Crippen LogP contribution in [0.5, 0.6) is 0 Å². The number of rotatable bonds is 2. The van der Waals surface area contributed by atoms with Crippen molar-refractivity contribution in [2.75, 3.05) is 0 Å². The summed E-state index contributed by atoms with van der Waals surface area (Å²) in [6.45, 7) is 0. The van der Waals surface area contributed by atoms with Gasteiger partial charge in [0, 0.05) is 21.9 Å². The van der Waals surface area contributed by atoms with Gasteiger partial charge in [-0.2, -0.15) is 0 Å². The first kappa shape index (κ1) is 19.9. The van der Waals surface area contributed by atoms with Crippen molar-refractivity contribution >= 4 is 41.0 Å². The van der Waals surface area contributed by atoms with Crippen LogP contribution in [0.4, 0.5) is 4.79 Å². The lowest BCUT2D eigenvalue weighted by Gasteiger charge is -2.50. The van der Waals surface area contributed by atoms with Gasteiger partial charge in [-0.1, -0.05) is 59.6 Å². The normalized spacial score (nSPS) is 26.2. The third-order valence-corrected chi connectivity index (χ3v) is 6.57. The molecule has 0 radical (unpaired) electrons. The highest BCUT2D eigenvalue weighted by Gasteiger charge is 2.63. The van der Waals surface area contributed by atoms with Gasteiger partial charge in [0.05, 0.1) is 6.10 Å². The lowest BCUT2D eigenvalue weighted by Crippen LogP contribution is -2.68. The van der Waals surface area contributed by atoms with Crippen molar-refractivity contribution in [3.63, 3.8) is 0 Å². The zero-order valence-electron chi connectivity index (χ0n) is 15.2. The van der Waals surface area contributed by atoms with Gasteiger partial charge < -0.3 is 5.11 Å². The third kappa shape index (κ3) is 3.12. The highest BCUT2D eigenvalue weighted by atomic mass is 35.5. The van der Waals surface area contributed by atoms with E-state index in [-0.39, 0.29) is 12.8 Å². The maximum Gasteiger partial charge on any atom is 0.328 e. The monoisotopic (exact) mass is 432 g/mol. The summed E-state index contributed by atoms with van der Waals surface area (Å²) in [6.07, 6.45) is -0.513. The van der Waals surface area contributed by atoms with E-state index in [2.05, 4.69) is 10.6 Å². The summed E-state index contributed by atoms with van der Waals surface area (Å²) >= 11 is 12.8. The van der Waals surface area contributed by atoms with Crippen LogP contribution in [-0.4, -0.2) is 29.1 Å². The summed E-state index contributed by atoms with van der Waals surface area (Å²) < 4.78 is 0. The Kier molecular flexibility index (Phi) is 5.11. The zero-order valence-corrected chi connectivity index (χ0v) is 16.7. The molecule has 1 saturated heterocycles. The van der Waals surface area contributed by atoms with Gasteiger partial charge in [0.25, 0.3) is 0 Å². The maximum atomic E-state index is 13.3. The molecule has 1 spiro atoms. The van der Waals surface area contributed by atoms with Gasteiger partial charge in [-0.25, -0.2) is 4.79 Å². The van der Waals surface area contributed by atoms with E-state index in [9.17, 15) is 19.5 Å². The molecule has 2 aromatic carbocycles. The zero-order chi connectivity index (χ0) is 20.8. The summed E-state index contributed by atoms with van der Waals surface area (Å²) in [4.78, 5) is 38.5. The predicted molar refractivity (Wildman–Crippen MR) is 108 cm³/mol. The molecule has 0 aromatic heterocycles. The Bertz CT molecular complexity index is 932.